The van der Waals surface area contributed by atoms with E-state index >= 15 is 0 Å². The molecule has 1 N–H and O–H groups in total. The molecule has 148 valence electrons. The first-order valence-corrected chi connectivity index (χ1v) is 9.54. The third kappa shape index (κ3) is 5.55. The third-order valence-electron chi connectivity index (χ3n) is 4.77. The molecule has 1 aliphatic rings. The summed E-state index contributed by atoms with van der Waals surface area (Å²) in [7, 11) is 0. The van der Waals surface area contributed by atoms with Crippen LogP contribution in [0.2, 0.25) is 0 Å². The number of likely N-dealkylation sites (tertiary alicyclic amines) is 1. The Balaban J connectivity index is 1.43. The summed E-state index contributed by atoms with van der Waals surface area (Å²) >= 11 is 0. The lowest BCUT2D eigenvalue weighted by Gasteiger charge is -2.17. The molecule has 3 rings (SSSR count). The molecule has 2 amide bonds. The zero-order valence-electron chi connectivity index (χ0n) is 16.0. The number of ether oxygens (including phenoxy) is 1. The van der Waals surface area contributed by atoms with Crippen molar-refractivity contribution in [3.8, 4) is 5.75 Å². The number of benzene rings is 2. The molecule has 1 aliphatic heterocycles. The number of amides is 2. The van der Waals surface area contributed by atoms with E-state index in [1.165, 1.54) is 12.1 Å². The van der Waals surface area contributed by atoms with E-state index in [0.29, 0.717) is 39.1 Å². The van der Waals surface area contributed by atoms with E-state index in [4.69, 9.17) is 4.74 Å². The van der Waals surface area contributed by atoms with Gasteiger partial charge in [-0.15, -0.1) is 0 Å². The maximum Gasteiger partial charge on any atom is 0.224 e. The van der Waals surface area contributed by atoms with E-state index in [9.17, 15) is 14.0 Å². The van der Waals surface area contributed by atoms with Crippen LogP contribution in [0.1, 0.15) is 24.5 Å². The molecule has 0 spiro atoms. The molecule has 2 aromatic carbocycles. The molecule has 0 radical (unpaired) electrons. The molecule has 1 saturated heterocycles. The summed E-state index contributed by atoms with van der Waals surface area (Å²) in [6.45, 7) is 4.07. The number of carbonyl (C=O) groups excluding carboxylic acids is 2. The zero-order chi connectivity index (χ0) is 19.9. The molecule has 0 saturated carbocycles. The average Bonchev–Trinajstić information content (AvgIpc) is 3.03. The molecular formula is C22H25FN2O3. The molecule has 1 heterocycles. The first-order chi connectivity index (χ1) is 13.5. The maximum atomic E-state index is 13.0. The third-order valence-corrected chi connectivity index (χ3v) is 4.77. The minimum absolute atomic E-state index is 0.0615. The van der Waals surface area contributed by atoms with E-state index in [1.54, 1.807) is 17.0 Å². The lowest BCUT2D eigenvalue weighted by atomic mass is 10.1. The maximum absolute atomic E-state index is 13.0. The van der Waals surface area contributed by atoms with Gasteiger partial charge in [0.15, 0.2) is 0 Å². The normalized spacial score (nSPS) is 16.3. The standard InChI is InChI=1S/C22H25FN2O3/c1-2-28-20-9-5-16(6-10-20)11-21(26)24-13-18-12-22(27)25(15-18)14-17-3-7-19(23)8-4-17/h3-10,18H,2,11-15H2,1H3,(H,24,26). The first-order valence-electron chi connectivity index (χ1n) is 9.54. The molecule has 5 nitrogen and oxygen atoms in total. The van der Waals surface area contributed by atoms with E-state index in [-0.39, 0.29) is 23.5 Å². The number of hydrogen-bond acceptors (Lipinski definition) is 3. The molecule has 1 unspecified atom stereocenters. The van der Waals surface area contributed by atoms with Gasteiger partial charge in [-0.3, -0.25) is 9.59 Å². The zero-order valence-corrected chi connectivity index (χ0v) is 16.0. The number of halogens is 1. The van der Waals surface area contributed by atoms with Crippen molar-refractivity contribution in [3.63, 3.8) is 0 Å². The van der Waals surface area contributed by atoms with Gasteiger partial charge in [0.25, 0.3) is 0 Å². The Kier molecular flexibility index (Phi) is 6.63. The summed E-state index contributed by atoms with van der Waals surface area (Å²) in [6.07, 6.45) is 0.719. The lowest BCUT2D eigenvalue weighted by Crippen LogP contribution is -2.32. The largest absolute Gasteiger partial charge is 0.494 e. The predicted molar refractivity (Wildman–Crippen MR) is 104 cm³/mol. The van der Waals surface area contributed by atoms with Crippen molar-refractivity contribution < 1.29 is 18.7 Å². The van der Waals surface area contributed by atoms with Crippen LogP contribution in [0.25, 0.3) is 0 Å². The molecule has 1 fully saturated rings. The highest BCUT2D eigenvalue weighted by Gasteiger charge is 2.29. The molecule has 0 bridgehead atoms. The number of nitrogens with one attached hydrogen (secondary N) is 1. The molecule has 6 heteroatoms. The SMILES string of the molecule is CCOc1ccc(CC(=O)NCC2CC(=O)N(Cc3ccc(F)cc3)C2)cc1. The molecule has 2 aromatic rings. The molecule has 28 heavy (non-hydrogen) atoms. The van der Waals surface area contributed by atoms with Gasteiger partial charge < -0.3 is 15.0 Å². The van der Waals surface area contributed by atoms with Gasteiger partial charge in [-0.25, -0.2) is 4.39 Å². The van der Waals surface area contributed by atoms with Gasteiger partial charge in [0.05, 0.1) is 13.0 Å². The van der Waals surface area contributed by atoms with Crippen molar-refractivity contribution in [2.24, 2.45) is 5.92 Å². The van der Waals surface area contributed by atoms with Crippen molar-refractivity contribution in [1.29, 1.82) is 0 Å². The summed E-state index contributed by atoms with van der Waals surface area (Å²) in [5.41, 5.74) is 1.82. The Morgan fingerprint density at radius 2 is 1.82 bits per heavy atom. The summed E-state index contributed by atoms with van der Waals surface area (Å²) in [4.78, 5) is 26.2. The highest BCUT2D eigenvalue weighted by atomic mass is 19.1. The van der Waals surface area contributed by atoms with E-state index in [1.807, 2.05) is 31.2 Å². The molecule has 0 aliphatic carbocycles. The van der Waals surface area contributed by atoms with E-state index in [0.717, 1.165) is 16.9 Å². The van der Waals surface area contributed by atoms with Crippen LogP contribution in [0.4, 0.5) is 4.39 Å². The van der Waals surface area contributed by atoms with Gasteiger partial charge in [0.2, 0.25) is 11.8 Å². The Labute approximate surface area is 164 Å². The second-order valence-electron chi connectivity index (χ2n) is 7.03. The quantitative estimate of drug-likeness (QED) is 0.761. The number of nitrogens with zero attached hydrogens (tertiary/aromatic N) is 1. The fraction of sp³-hybridized carbons (Fsp3) is 0.364. The van der Waals surface area contributed by atoms with Crippen LogP contribution in [0.5, 0.6) is 5.75 Å². The Bertz CT molecular complexity index is 806. The topological polar surface area (TPSA) is 58.6 Å². The number of hydrogen-bond donors (Lipinski definition) is 1. The van der Waals surface area contributed by atoms with Crippen LogP contribution < -0.4 is 10.1 Å². The number of rotatable bonds is 8. The van der Waals surface area contributed by atoms with Crippen molar-refractivity contribution in [2.75, 3.05) is 19.7 Å². The summed E-state index contributed by atoms with van der Waals surface area (Å²) in [6, 6.07) is 13.7. The van der Waals surface area contributed by atoms with Crippen molar-refractivity contribution >= 4 is 11.8 Å². The van der Waals surface area contributed by atoms with Crippen LogP contribution in [-0.2, 0) is 22.6 Å². The Morgan fingerprint density at radius 3 is 2.50 bits per heavy atom. The first kappa shape index (κ1) is 19.9. The van der Waals surface area contributed by atoms with E-state index < -0.39 is 0 Å². The van der Waals surface area contributed by atoms with Gasteiger partial charge in [-0.05, 0) is 42.3 Å². The predicted octanol–water partition coefficient (Wildman–Crippen LogP) is 2.93. The average molecular weight is 384 g/mol. The highest BCUT2D eigenvalue weighted by Crippen LogP contribution is 2.20. The molecular weight excluding hydrogens is 359 g/mol. The van der Waals surface area contributed by atoms with Crippen molar-refractivity contribution in [2.45, 2.75) is 26.3 Å². The van der Waals surface area contributed by atoms with E-state index in [2.05, 4.69) is 5.32 Å². The fourth-order valence-corrected chi connectivity index (χ4v) is 3.33. The lowest BCUT2D eigenvalue weighted by molar-refractivity contribution is -0.128. The van der Waals surface area contributed by atoms with Crippen molar-refractivity contribution in [3.05, 3.63) is 65.5 Å². The van der Waals surface area contributed by atoms with Gasteiger partial charge in [-0.1, -0.05) is 24.3 Å². The summed E-state index contributed by atoms with van der Waals surface area (Å²) in [5, 5.41) is 2.93. The van der Waals surface area contributed by atoms with Gasteiger partial charge in [0.1, 0.15) is 11.6 Å². The van der Waals surface area contributed by atoms with Crippen LogP contribution in [0.3, 0.4) is 0 Å². The Hall–Kier alpha value is -2.89. The molecule has 0 aromatic heterocycles. The monoisotopic (exact) mass is 384 g/mol. The second-order valence-corrected chi connectivity index (χ2v) is 7.03. The minimum Gasteiger partial charge on any atom is -0.494 e. The summed E-state index contributed by atoms with van der Waals surface area (Å²) < 4.78 is 18.4. The van der Waals surface area contributed by atoms with Gasteiger partial charge >= 0.3 is 0 Å². The van der Waals surface area contributed by atoms with Crippen LogP contribution in [-0.4, -0.2) is 36.4 Å². The van der Waals surface area contributed by atoms with Crippen LogP contribution in [0.15, 0.2) is 48.5 Å². The summed E-state index contributed by atoms with van der Waals surface area (Å²) in [5.74, 6) is 0.600. The Morgan fingerprint density at radius 1 is 1.14 bits per heavy atom. The van der Waals surface area contributed by atoms with Crippen LogP contribution in [0, 0.1) is 11.7 Å². The highest BCUT2D eigenvalue weighted by molar-refractivity contribution is 5.80. The fourth-order valence-electron chi connectivity index (χ4n) is 3.33. The molecule has 1 atom stereocenters. The smallest absolute Gasteiger partial charge is 0.224 e. The van der Waals surface area contributed by atoms with Crippen LogP contribution >= 0.6 is 0 Å². The van der Waals surface area contributed by atoms with Gasteiger partial charge in [-0.2, -0.15) is 0 Å². The van der Waals surface area contributed by atoms with Crippen molar-refractivity contribution in [1.82, 2.24) is 10.2 Å². The minimum atomic E-state index is -0.287. The van der Waals surface area contributed by atoms with Gasteiger partial charge in [0, 0.05) is 32.0 Å². The second kappa shape index (κ2) is 9.35. The number of carbonyl (C=O) groups is 2.